The second kappa shape index (κ2) is 11.7. The molecule has 0 aromatic heterocycles. The van der Waals surface area contributed by atoms with E-state index >= 15 is 0 Å². The molecule has 0 heterocycles. The maximum absolute atomic E-state index is 11.8. The van der Waals surface area contributed by atoms with Gasteiger partial charge in [0, 0.05) is 12.8 Å². The Kier molecular flexibility index (Phi) is 9.81. The maximum atomic E-state index is 11.8. The zero-order valence-electron chi connectivity index (χ0n) is 14.2. The van der Waals surface area contributed by atoms with E-state index in [0.717, 1.165) is 25.9 Å². The Labute approximate surface area is 151 Å². The van der Waals surface area contributed by atoms with Crippen molar-refractivity contribution in [2.45, 2.75) is 19.3 Å². The van der Waals surface area contributed by atoms with Crippen molar-refractivity contribution in [2.24, 2.45) is 0 Å². The smallest absolute Gasteiger partial charge is 0.338 e. The molecule has 3 nitrogen and oxygen atoms in total. The van der Waals surface area contributed by atoms with Crippen molar-refractivity contribution < 1.29 is 26.8 Å². The molecular formula is C20H26ClNO2. The molecule has 1 atom stereocenters. The average Bonchev–Trinajstić information content (AvgIpc) is 2.60. The predicted octanol–water partition coefficient (Wildman–Crippen LogP) is -0.615. The third-order valence-corrected chi connectivity index (χ3v) is 3.90. The van der Waals surface area contributed by atoms with Crippen LogP contribution in [-0.4, -0.2) is 32.7 Å². The minimum absolute atomic E-state index is 0. The zero-order valence-corrected chi connectivity index (χ0v) is 15.0. The quantitative estimate of drug-likeness (QED) is 0.484. The number of nitrogens with one attached hydrogen (secondary N) is 1. The molecule has 0 amide bonds. The van der Waals surface area contributed by atoms with Gasteiger partial charge in [-0.2, -0.15) is 0 Å². The van der Waals surface area contributed by atoms with E-state index < -0.39 is 0 Å². The Hall–Kier alpha value is -1.84. The number of benzene rings is 2. The van der Waals surface area contributed by atoms with Crippen LogP contribution in [-0.2, 0) is 11.2 Å². The molecule has 1 unspecified atom stereocenters. The van der Waals surface area contributed by atoms with Gasteiger partial charge in [-0.15, -0.1) is 0 Å². The Bertz CT molecular complexity index is 575. The summed E-state index contributed by atoms with van der Waals surface area (Å²) in [5.41, 5.74) is 2.02. The van der Waals surface area contributed by atoms with Gasteiger partial charge in [0.15, 0.2) is 0 Å². The lowest BCUT2D eigenvalue weighted by Crippen LogP contribution is -3.09. The number of hydrogen-bond acceptors (Lipinski definition) is 2. The van der Waals surface area contributed by atoms with E-state index in [2.05, 4.69) is 37.4 Å². The number of quaternary nitrogens is 1. The number of aryl methyl sites for hydroxylation is 1. The van der Waals surface area contributed by atoms with Crippen molar-refractivity contribution in [2.75, 3.05) is 26.7 Å². The summed E-state index contributed by atoms with van der Waals surface area (Å²) < 4.78 is 5.30. The number of carbonyl (C=O) groups excluding carboxylic acids is 1. The fraction of sp³-hybridized carbons (Fsp3) is 0.350. The van der Waals surface area contributed by atoms with Gasteiger partial charge in [0.1, 0.15) is 0 Å². The molecule has 0 aliphatic heterocycles. The van der Waals surface area contributed by atoms with E-state index in [1.807, 2.05) is 18.2 Å². The predicted molar refractivity (Wildman–Crippen MR) is 92.7 cm³/mol. The monoisotopic (exact) mass is 347 g/mol. The number of rotatable bonds is 9. The lowest BCUT2D eigenvalue weighted by molar-refractivity contribution is -0.880. The lowest BCUT2D eigenvalue weighted by Gasteiger charge is -2.14. The molecule has 0 radical (unpaired) electrons. The van der Waals surface area contributed by atoms with Crippen LogP contribution in [0.5, 0.6) is 0 Å². The number of esters is 1. The summed E-state index contributed by atoms with van der Waals surface area (Å²) in [6.07, 6.45) is 3.20. The third kappa shape index (κ3) is 7.62. The summed E-state index contributed by atoms with van der Waals surface area (Å²) in [7, 11) is 2.20. The molecule has 1 N–H and O–H groups in total. The highest BCUT2D eigenvalue weighted by atomic mass is 35.5. The highest BCUT2D eigenvalue weighted by Crippen LogP contribution is 2.02. The first-order chi connectivity index (χ1) is 11.3. The van der Waals surface area contributed by atoms with Crippen LogP contribution in [0.1, 0.15) is 28.8 Å². The number of halogens is 1. The highest BCUT2D eigenvalue weighted by Gasteiger charge is 2.07. The molecule has 24 heavy (non-hydrogen) atoms. The standard InChI is InChI=1S/C20H25NO2.ClH/c1-21(15-8-12-18-10-4-2-5-11-18)16-9-17-23-20(22)19-13-6-3-7-14-19;/h2-7,10-11,13-14H,8-9,12,15-17H2,1H3;1H. The first-order valence-corrected chi connectivity index (χ1v) is 8.33. The Balaban J connectivity index is 0.00000288. The molecule has 0 aliphatic carbocycles. The zero-order chi connectivity index (χ0) is 16.3. The van der Waals surface area contributed by atoms with E-state index in [-0.39, 0.29) is 18.4 Å². The second-order valence-electron chi connectivity index (χ2n) is 5.90. The average molecular weight is 348 g/mol. The molecule has 0 saturated carbocycles. The third-order valence-electron chi connectivity index (χ3n) is 3.90. The molecular weight excluding hydrogens is 322 g/mol. The summed E-state index contributed by atoms with van der Waals surface area (Å²) in [5.74, 6) is -0.229. The van der Waals surface area contributed by atoms with E-state index in [1.54, 1.807) is 12.1 Å². The number of ether oxygens (including phenoxy) is 1. The summed E-state index contributed by atoms with van der Waals surface area (Å²) in [5, 5.41) is 0. The molecule has 4 heteroatoms. The molecule has 0 bridgehead atoms. The SMILES string of the molecule is C[NH+](CCCOC(=O)c1ccccc1)CCCc1ccccc1.[Cl-]. The van der Waals surface area contributed by atoms with Crippen molar-refractivity contribution >= 4 is 5.97 Å². The molecule has 0 fully saturated rings. The first-order valence-electron chi connectivity index (χ1n) is 8.33. The Morgan fingerprint density at radius 1 is 0.917 bits per heavy atom. The van der Waals surface area contributed by atoms with Crippen LogP contribution >= 0.6 is 0 Å². The van der Waals surface area contributed by atoms with Crippen molar-refractivity contribution in [1.29, 1.82) is 0 Å². The van der Waals surface area contributed by atoms with Crippen LogP contribution in [0, 0.1) is 0 Å². The summed E-state index contributed by atoms with van der Waals surface area (Å²) in [6.45, 7) is 2.65. The van der Waals surface area contributed by atoms with Crippen LogP contribution in [0.2, 0.25) is 0 Å². The van der Waals surface area contributed by atoms with Crippen LogP contribution in [0.3, 0.4) is 0 Å². The van der Waals surface area contributed by atoms with E-state index in [0.29, 0.717) is 12.2 Å². The molecule has 2 aromatic carbocycles. The Morgan fingerprint density at radius 2 is 1.50 bits per heavy atom. The minimum atomic E-state index is -0.229. The van der Waals surface area contributed by atoms with Crippen molar-refractivity contribution in [3.8, 4) is 0 Å². The van der Waals surface area contributed by atoms with E-state index in [9.17, 15) is 4.79 Å². The fourth-order valence-electron chi connectivity index (χ4n) is 2.56. The van der Waals surface area contributed by atoms with Gasteiger partial charge < -0.3 is 22.0 Å². The molecule has 0 saturated heterocycles. The number of carbonyl (C=O) groups is 1. The maximum Gasteiger partial charge on any atom is 0.338 e. The van der Waals surface area contributed by atoms with Gasteiger partial charge in [-0.3, -0.25) is 0 Å². The first kappa shape index (κ1) is 20.2. The van der Waals surface area contributed by atoms with Crippen LogP contribution in [0.25, 0.3) is 0 Å². The van der Waals surface area contributed by atoms with Gasteiger partial charge in [0.2, 0.25) is 0 Å². The van der Waals surface area contributed by atoms with E-state index in [4.69, 9.17) is 4.74 Å². The van der Waals surface area contributed by atoms with Gasteiger partial charge in [0.05, 0.1) is 32.3 Å². The van der Waals surface area contributed by atoms with Gasteiger partial charge in [-0.05, 0) is 24.1 Å². The van der Waals surface area contributed by atoms with Crippen LogP contribution < -0.4 is 17.3 Å². The molecule has 0 aliphatic rings. The van der Waals surface area contributed by atoms with Crippen molar-refractivity contribution in [3.63, 3.8) is 0 Å². The molecule has 0 spiro atoms. The second-order valence-corrected chi connectivity index (χ2v) is 5.90. The molecule has 130 valence electrons. The normalized spacial score (nSPS) is 11.4. The van der Waals surface area contributed by atoms with Crippen molar-refractivity contribution in [1.82, 2.24) is 0 Å². The largest absolute Gasteiger partial charge is 1.00 e. The highest BCUT2D eigenvalue weighted by molar-refractivity contribution is 5.89. The van der Waals surface area contributed by atoms with Gasteiger partial charge in [-0.25, -0.2) is 4.79 Å². The summed E-state index contributed by atoms with van der Waals surface area (Å²) in [6, 6.07) is 19.7. The summed E-state index contributed by atoms with van der Waals surface area (Å²) in [4.78, 5) is 13.3. The lowest BCUT2D eigenvalue weighted by atomic mass is 10.1. The fourth-order valence-corrected chi connectivity index (χ4v) is 2.56. The van der Waals surface area contributed by atoms with Crippen molar-refractivity contribution in [3.05, 3.63) is 71.8 Å². The topological polar surface area (TPSA) is 30.7 Å². The number of hydrogen-bond donors (Lipinski definition) is 1. The van der Waals surface area contributed by atoms with E-state index in [1.165, 1.54) is 16.9 Å². The van der Waals surface area contributed by atoms with Gasteiger partial charge in [-0.1, -0.05) is 48.5 Å². The van der Waals surface area contributed by atoms with Gasteiger partial charge in [0.25, 0.3) is 0 Å². The van der Waals surface area contributed by atoms with Gasteiger partial charge >= 0.3 is 5.97 Å². The van der Waals surface area contributed by atoms with Crippen LogP contribution in [0.4, 0.5) is 0 Å². The van der Waals surface area contributed by atoms with Crippen LogP contribution in [0.15, 0.2) is 60.7 Å². The molecule has 2 rings (SSSR count). The minimum Gasteiger partial charge on any atom is -1.00 e. The molecule has 2 aromatic rings. The summed E-state index contributed by atoms with van der Waals surface area (Å²) >= 11 is 0. The Morgan fingerprint density at radius 3 is 2.17 bits per heavy atom.